The second-order valence-electron chi connectivity index (χ2n) is 5.82. The molecular formula is C16H27IN6OS. The second-order valence-corrected chi connectivity index (χ2v) is 7.11. The molecule has 0 unspecified atom stereocenters. The molecule has 25 heavy (non-hydrogen) atoms. The molecule has 0 spiro atoms. The number of rotatable bonds is 7. The molecule has 0 atom stereocenters. The highest BCUT2D eigenvalue weighted by Gasteiger charge is 2.09. The van der Waals surface area contributed by atoms with Crippen molar-refractivity contribution in [1.82, 2.24) is 25.8 Å². The van der Waals surface area contributed by atoms with E-state index in [1.54, 1.807) is 11.3 Å². The van der Waals surface area contributed by atoms with Crippen molar-refractivity contribution in [2.24, 2.45) is 4.99 Å². The van der Waals surface area contributed by atoms with Crippen molar-refractivity contribution in [3.63, 3.8) is 0 Å². The third-order valence-corrected chi connectivity index (χ3v) is 4.48. The van der Waals surface area contributed by atoms with Gasteiger partial charge in [0.25, 0.3) is 0 Å². The highest BCUT2D eigenvalue weighted by atomic mass is 127. The van der Waals surface area contributed by atoms with Crippen molar-refractivity contribution in [3.05, 3.63) is 27.3 Å². The molecule has 0 fully saturated rings. The summed E-state index contributed by atoms with van der Waals surface area (Å²) in [6.07, 6.45) is 0.666. The van der Waals surface area contributed by atoms with Gasteiger partial charge in [0.1, 0.15) is 5.01 Å². The maximum Gasteiger partial charge on any atom is 0.228 e. The highest BCUT2D eigenvalue weighted by Crippen LogP contribution is 2.16. The average Bonchev–Trinajstić information content (AvgIpc) is 3.12. The Hall–Kier alpha value is -1.23. The van der Waals surface area contributed by atoms with Gasteiger partial charge in [0, 0.05) is 30.3 Å². The Morgan fingerprint density at radius 3 is 2.56 bits per heavy atom. The summed E-state index contributed by atoms with van der Waals surface area (Å²) < 4.78 is 5.24. The number of hydrogen-bond donors (Lipinski definition) is 2. The third-order valence-electron chi connectivity index (χ3n) is 3.42. The van der Waals surface area contributed by atoms with Gasteiger partial charge in [0.05, 0.1) is 12.2 Å². The van der Waals surface area contributed by atoms with Gasteiger partial charge in [-0.1, -0.05) is 19.0 Å². The Morgan fingerprint density at radius 1 is 1.24 bits per heavy atom. The lowest BCUT2D eigenvalue weighted by molar-refractivity contribution is 0.371. The van der Waals surface area contributed by atoms with Crippen LogP contribution in [0.4, 0.5) is 0 Å². The number of thiazole rings is 1. The van der Waals surface area contributed by atoms with E-state index in [0.29, 0.717) is 25.4 Å². The summed E-state index contributed by atoms with van der Waals surface area (Å²) in [4.78, 5) is 14.7. The van der Waals surface area contributed by atoms with E-state index in [2.05, 4.69) is 37.7 Å². The number of aliphatic imine (C=N–C) groups is 1. The molecule has 0 aliphatic rings. The zero-order valence-electron chi connectivity index (χ0n) is 15.4. The minimum absolute atomic E-state index is 0. The standard InChI is InChI=1S/C16H26N6OS.HI/c1-6-17-16(19-9-14-20-11(4)12(5)24-14)18-8-7-13-21-15(10(2)3)22-23-13;/h10H,6-9H2,1-5H3,(H2,17,18,19);1H. The SMILES string of the molecule is CCNC(=NCc1nc(C)c(C)s1)NCCc1nc(C(C)C)no1.I. The molecule has 0 bridgehead atoms. The first-order chi connectivity index (χ1) is 11.5. The Morgan fingerprint density at radius 2 is 2.00 bits per heavy atom. The summed E-state index contributed by atoms with van der Waals surface area (Å²) in [5.41, 5.74) is 1.08. The van der Waals surface area contributed by atoms with E-state index in [9.17, 15) is 0 Å². The molecule has 7 nitrogen and oxygen atoms in total. The molecule has 0 saturated heterocycles. The number of guanidine groups is 1. The van der Waals surface area contributed by atoms with Crippen LogP contribution in [0.25, 0.3) is 0 Å². The van der Waals surface area contributed by atoms with Crippen LogP contribution in [-0.2, 0) is 13.0 Å². The number of nitrogens with zero attached hydrogens (tertiary/aromatic N) is 4. The number of hydrogen-bond acceptors (Lipinski definition) is 6. The normalized spacial score (nSPS) is 11.5. The molecule has 0 radical (unpaired) electrons. The Balaban J connectivity index is 0.00000312. The van der Waals surface area contributed by atoms with E-state index in [4.69, 9.17) is 4.52 Å². The molecule has 2 N–H and O–H groups in total. The summed E-state index contributed by atoms with van der Waals surface area (Å²) in [7, 11) is 0. The summed E-state index contributed by atoms with van der Waals surface area (Å²) >= 11 is 1.69. The molecule has 2 rings (SSSR count). The quantitative estimate of drug-likeness (QED) is 0.361. The van der Waals surface area contributed by atoms with Gasteiger partial charge < -0.3 is 15.2 Å². The van der Waals surface area contributed by atoms with E-state index in [0.717, 1.165) is 29.0 Å². The van der Waals surface area contributed by atoms with Gasteiger partial charge >= 0.3 is 0 Å². The molecule has 9 heteroatoms. The molecule has 0 saturated carbocycles. The van der Waals surface area contributed by atoms with E-state index in [1.807, 2.05) is 27.7 Å². The van der Waals surface area contributed by atoms with E-state index in [1.165, 1.54) is 4.88 Å². The van der Waals surface area contributed by atoms with Crippen LogP contribution in [-0.4, -0.2) is 34.2 Å². The minimum atomic E-state index is 0. The molecule has 0 aromatic carbocycles. The van der Waals surface area contributed by atoms with Gasteiger partial charge in [0.15, 0.2) is 11.8 Å². The van der Waals surface area contributed by atoms with Gasteiger partial charge in [-0.25, -0.2) is 9.98 Å². The molecule has 0 aliphatic heterocycles. The predicted molar refractivity (Wildman–Crippen MR) is 112 cm³/mol. The van der Waals surface area contributed by atoms with Crippen LogP contribution in [0.2, 0.25) is 0 Å². The minimum Gasteiger partial charge on any atom is -0.357 e. The van der Waals surface area contributed by atoms with Crippen LogP contribution in [0.1, 0.15) is 54.0 Å². The summed E-state index contributed by atoms with van der Waals surface area (Å²) in [6, 6.07) is 0. The fraction of sp³-hybridized carbons (Fsp3) is 0.625. The largest absolute Gasteiger partial charge is 0.357 e. The Kier molecular flexibility index (Phi) is 9.33. The summed E-state index contributed by atoms with van der Waals surface area (Å²) in [6.45, 7) is 12.3. The van der Waals surface area contributed by atoms with Crippen molar-refractivity contribution in [2.45, 2.75) is 53.5 Å². The van der Waals surface area contributed by atoms with E-state index < -0.39 is 0 Å². The predicted octanol–water partition coefficient (Wildman–Crippen LogP) is 3.18. The van der Waals surface area contributed by atoms with Crippen LogP contribution >= 0.6 is 35.3 Å². The number of nitrogens with one attached hydrogen (secondary N) is 2. The van der Waals surface area contributed by atoms with Gasteiger partial charge in [0.2, 0.25) is 5.89 Å². The first kappa shape index (κ1) is 21.8. The maximum absolute atomic E-state index is 5.24. The molecule has 2 aromatic rings. The van der Waals surface area contributed by atoms with Crippen molar-refractivity contribution >= 4 is 41.3 Å². The van der Waals surface area contributed by atoms with Crippen LogP contribution in [0, 0.1) is 13.8 Å². The van der Waals surface area contributed by atoms with Crippen LogP contribution in [0.5, 0.6) is 0 Å². The van der Waals surface area contributed by atoms with Gasteiger partial charge in [-0.05, 0) is 20.8 Å². The topological polar surface area (TPSA) is 88.2 Å². The van der Waals surface area contributed by atoms with Crippen LogP contribution in [0.3, 0.4) is 0 Å². The molecule has 140 valence electrons. The summed E-state index contributed by atoms with van der Waals surface area (Å²) in [5, 5.41) is 11.5. The van der Waals surface area contributed by atoms with Crippen LogP contribution in [0.15, 0.2) is 9.52 Å². The van der Waals surface area contributed by atoms with Gasteiger partial charge in [-0.2, -0.15) is 4.98 Å². The molecule has 2 aromatic heterocycles. The Labute approximate surface area is 170 Å². The Bertz CT molecular complexity index is 662. The van der Waals surface area contributed by atoms with E-state index >= 15 is 0 Å². The van der Waals surface area contributed by atoms with Crippen molar-refractivity contribution in [2.75, 3.05) is 13.1 Å². The zero-order valence-corrected chi connectivity index (χ0v) is 18.6. The lowest BCUT2D eigenvalue weighted by Gasteiger charge is -2.09. The molecule has 2 heterocycles. The lowest BCUT2D eigenvalue weighted by Crippen LogP contribution is -2.38. The van der Waals surface area contributed by atoms with Crippen molar-refractivity contribution in [3.8, 4) is 0 Å². The van der Waals surface area contributed by atoms with Crippen LogP contribution < -0.4 is 10.6 Å². The fourth-order valence-electron chi connectivity index (χ4n) is 1.99. The van der Waals surface area contributed by atoms with Gasteiger partial charge in [-0.3, -0.25) is 0 Å². The third kappa shape index (κ3) is 6.89. The fourth-order valence-corrected chi connectivity index (χ4v) is 2.85. The number of aromatic nitrogens is 3. The first-order valence-electron chi connectivity index (χ1n) is 8.27. The van der Waals surface area contributed by atoms with Gasteiger partial charge in [-0.15, -0.1) is 35.3 Å². The zero-order chi connectivity index (χ0) is 17.5. The first-order valence-corrected chi connectivity index (χ1v) is 9.08. The number of aryl methyl sites for hydroxylation is 2. The monoisotopic (exact) mass is 478 g/mol. The summed E-state index contributed by atoms with van der Waals surface area (Å²) in [5.74, 6) is 2.44. The average molecular weight is 478 g/mol. The molecule has 0 aliphatic carbocycles. The molecular weight excluding hydrogens is 451 g/mol. The smallest absolute Gasteiger partial charge is 0.228 e. The maximum atomic E-state index is 5.24. The molecule has 0 amide bonds. The lowest BCUT2D eigenvalue weighted by atomic mass is 10.2. The number of halogens is 1. The second kappa shape index (κ2) is 10.7. The van der Waals surface area contributed by atoms with Crippen molar-refractivity contribution in [1.29, 1.82) is 0 Å². The highest BCUT2D eigenvalue weighted by molar-refractivity contribution is 14.0. The van der Waals surface area contributed by atoms with E-state index in [-0.39, 0.29) is 29.9 Å². The van der Waals surface area contributed by atoms with Crippen molar-refractivity contribution < 1.29 is 4.52 Å².